The Morgan fingerprint density at radius 1 is 0.750 bits per heavy atom. The summed E-state index contributed by atoms with van der Waals surface area (Å²) in [5, 5.41) is 0. The zero-order valence-corrected chi connectivity index (χ0v) is 10.6. The van der Waals surface area contributed by atoms with Crippen LogP contribution in [0.15, 0.2) is 0 Å². The van der Waals surface area contributed by atoms with Crippen molar-refractivity contribution in [3.8, 4) is 0 Å². The Kier molecular flexibility index (Phi) is 4.80. The molecule has 0 bridgehead atoms. The molecule has 0 spiro atoms. The molecule has 1 aromatic rings. The highest BCUT2D eigenvalue weighted by molar-refractivity contribution is 6.01. The molecule has 1 aliphatic rings. The van der Waals surface area contributed by atoms with Gasteiger partial charge < -0.3 is 0 Å². The minimum absolute atomic E-state index is 0.0602. The summed E-state index contributed by atoms with van der Waals surface area (Å²) < 4.78 is 61.6. The van der Waals surface area contributed by atoms with Crippen molar-refractivity contribution in [2.45, 2.75) is 19.8 Å². The van der Waals surface area contributed by atoms with Gasteiger partial charge in [0.15, 0.2) is 23.3 Å². The minimum atomic E-state index is -2.13. The van der Waals surface area contributed by atoms with Crippen LogP contribution in [0.3, 0.4) is 0 Å². The van der Waals surface area contributed by atoms with Gasteiger partial charge in [0.05, 0.1) is 0 Å². The van der Waals surface area contributed by atoms with E-state index in [2.05, 4.69) is 0 Å². The zero-order chi connectivity index (χ0) is 15.6. The number of hydrogen-bond donors (Lipinski definition) is 0. The molecule has 0 aromatic heterocycles. The summed E-state index contributed by atoms with van der Waals surface area (Å²) in [6.45, 7) is 0.816. The fourth-order valence-corrected chi connectivity index (χ4v) is 1.40. The summed E-state index contributed by atoms with van der Waals surface area (Å²) in [5.74, 6) is -9.64. The van der Waals surface area contributed by atoms with Crippen molar-refractivity contribution < 1.29 is 31.5 Å². The van der Waals surface area contributed by atoms with E-state index >= 15 is 0 Å². The van der Waals surface area contributed by atoms with Crippen LogP contribution in [0.4, 0.5) is 22.0 Å². The van der Waals surface area contributed by atoms with Gasteiger partial charge in [-0.25, -0.2) is 22.0 Å². The fraction of sp³-hybridized carbons (Fsp3) is 0.333. The Labute approximate surface area is 111 Å². The van der Waals surface area contributed by atoms with Gasteiger partial charge in [0.25, 0.3) is 0 Å². The Hall–Kier alpha value is -1.99. The summed E-state index contributed by atoms with van der Waals surface area (Å²) in [7, 11) is 1.51. The lowest BCUT2D eigenvalue weighted by Crippen LogP contribution is -2.23. The highest BCUT2D eigenvalue weighted by atomic mass is 19.2. The number of hydrogen-bond acceptors (Lipinski definition) is 2. The molecular weight excluding hydrogens is 285 g/mol. The largest absolute Gasteiger partial charge is 0.286 e. The number of rotatable bonds is 0. The van der Waals surface area contributed by atoms with Gasteiger partial charge in [-0.3, -0.25) is 14.5 Å². The smallest absolute Gasteiger partial charge is 0.229 e. The monoisotopic (exact) mass is 295 g/mol. The lowest BCUT2D eigenvalue weighted by molar-refractivity contribution is -0.136. The molecule has 3 nitrogen and oxygen atoms in total. The minimum Gasteiger partial charge on any atom is -0.286 e. The Bertz CT molecular complexity index is 452. The fourth-order valence-electron chi connectivity index (χ4n) is 1.40. The van der Waals surface area contributed by atoms with Gasteiger partial charge in [0.2, 0.25) is 17.6 Å². The zero-order valence-electron chi connectivity index (χ0n) is 10.6. The van der Waals surface area contributed by atoms with Crippen molar-refractivity contribution in [1.29, 1.82) is 0 Å². The normalized spacial score (nSPS) is 14.4. The first-order valence-corrected chi connectivity index (χ1v) is 5.45. The van der Waals surface area contributed by atoms with E-state index in [0.29, 0.717) is 12.8 Å². The van der Waals surface area contributed by atoms with Crippen LogP contribution in [-0.2, 0) is 9.59 Å². The van der Waals surface area contributed by atoms with E-state index in [4.69, 9.17) is 0 Å². The van der Waals surface area contributed by atoms with Crippen molar-refractivity contribution in [2.75, 3.05) is 7.05 Å². The van der Waals surface area contributed by atoms with Crippen molar-refractivity contribution in [1.82, 2.24) is 4.90 Å². The van der Waals surface area contributed by atoms with Crippen molar-refractivity contribution in [2.24, 2.45) is 0 Å². The second-order valence-corrected chi connectivity index (χ2v) is 4.04. The van der Waals surface area contributed by atoms with Gasteiger partial charge in [-0.2, -0.15) is 0 Å². The summed E-state index contributed by atoms with van der Waals surface area (Å²) in [6.07, 6.45) is 0.796. The number of likely N-dealkylation sites (tertiary alicyclic amines) is 1. The molecule has 0 saturated carbocycles. The number of nitrogens with zero attached hydrogens (tertiary/aromatic N) is 1. The standard InChI is InChI=1S/C7H3F5.C5H7NO2/c1-2-3(8)5(10)7(12)6(11)4(2)9;1-6-4(7)2-3-5(6)8/h1H3;2-3H2,1H3. The molecule has 110 valence electrons. The maximum absolute atomic E-state index is 12.4. The lowest BCUT2D eigenvalue weighted by Gasteiger charge is -2.02. The number of amides is 2. The Morgan fingerprint density at radius 3 is 1.30 bits per heavy atom. The highest BCUT2D eigenvalue weighted by Gasteiger charge is 2.24. The first-order chi connectivity index (χ1) is 9.18. The summed E-state index contributed by atoms with van der Waals surface area (Å²) in [5.41, 5.74) is -0.869. The highest BCUT2D eigenvalue weighted by Crippen LogP contribution is 2.21. The third-order valence-corrected chi connectivity index (χ3v) is 2.73. The van der Waals surface area contributed by atoms with Crippen LogP contribution in [0.2, 0.25) is 0 Å². The third-order valence-electron chi connectivity index (χ3n) is 2.73. The molecule has 1 aliphatic heterocycles. The summed E-state index contributed by atoms with van der Waals surface area (Å²) in [6, 6.07) is 0. The van der Waals surface area contributed by atoms with Crippen molar-refractivity contribution in [3.05, 3.63) is 34.6 Å². The van der Waals surface area contributed by atoms with E-state index in [9.17, 15) is 31.5 Å². The maximum atomic E-state index is 12.4. The molecule has 0 unspecified atom stereocenters. The molecule has 2 amide bonds. The first-order valence-electron chi connectivity index (χ1n) is 5.45. The van der Waals surface area contributed by atoms with Crippen LogP contribution in [-0.4, -0.2) is 23.8 Å². The molecule has 1 aromatic carbocycles. The second-order valence-electron chi connectivity index (χ2n) is 4.04. The molecule has 2 rings (SSSR count). The number of imide groups is 1. The SMILES string of the molecule is CN1C(=O)CCC1=O.Cc1c(F)c(F)c(F)c(F)c1F. The average Bonchev–Trinajstić information content (AvgIpc) is 2.73. The number of carbonyl (C=O) groups excluding carboxylic acids is 2. The van der Waals surface area contributed by atoms with E-state index < -0.39 is 34.6 Å². The summed E-state index contributed by atoms with van der Waals surface area (Å²) in [4.78, 5) is 22.1. The maximum Gasteiger partial charge on any atom is 0.229 e. The van der Waals surface area contributed by atoms with Crippen LogP contribution >= 0.6 is 0 Å². The molecule has 0 aliphatic carbocycles. The predicted octanol–water partition coefficient (Wildman–Crippen LogP) is 2.46. The van der Waals surface area contributed by atoms with Crippen LogP contribution in [0, 0.1) is 36.0 Å². The Balaban J connectivity index is 0.000000217. The molecule has 1 heterocycles. The molecule has 0 radical (unpaired) electrons. The molecule has 1 saturated heterocycles. The molecule has 20 heavy (non-hydrogen) atoms. The molecule has 0 atom stereocenters. The molecule has 8 heteroatoms. The topological polar surface area (TPSA) is 37.4 Å². The third kappa shape index (κ3) is 2.94. The predicted molar refractivity (Wildman–Crippen MR) is 58.0 cm³/mol. The van der Waals surface area contributed by atoms with Gasteiger partial charge >= 0.3 is 0 Å². The van der Waals surface area contributed by atoms with Gasteiger partial charge in [-0.1, -0.05) is 0 Å². The average molecular weight is 295 g/mol. The molecule has 1 fully saturated rings. The van der Waals surface area contributed by atoms with Crippen LogP contribution in [0.25, 0.3) is 0 Å². The van der Waals surface area contributed by atoms with E-state index in [1.54, 1.807) is 0 Å². The molecular formula is C12H10F5NO2. The van der Waals surface area contributed by atoms with Crippen LogP contribution in [0.5, 0.6) is 0 Å². The van der Waals surface area contributed by atoms with Crippen LogP contribution in [0.1, 0.15) is 18.4 Å². The van der Waals surface area contributed by atoms with E-state index in [1.165, 1.54) is 11.9 Å². The van der Waals surface area contributed by atoms with E-state index in [-0.39, 0.29) is 11.8 Å². The van der Waals surface area contributed by atoms with E-state index in [1.807, 2.05) is 0 Å². The van der Waals surface area contributed by atoms with E-state index in [0.717, 1.165) is 6.92 Å². The van der Waals surface area contributed by atoms with Crippen molar-refractivity contribution >= 4 is 11.8 Å². The van der Waals surface area contributed by atoms with Gasteiger partial charge in [-0.05, 0) is 6.92 Å². The van der Waals surface area contributed by atoms with Crippen molar-refractivity contribution in [3.63, 3.8) is 0 Å². The quantitative estimate of drug-likeness (QED) is 0.319. The number of benzene rings is 1. The van der Waals surface area contributed by atoms with Crippen LogP contribution < -0.4 is 0 Å². The first kappa shape index (κ1) is 16.1. The number of carbonyl (C=O) groups is 2. The number of halogens is 5. The van der Waals surface area contributed by atoms with Gasteiger partial charge in [0.1, 0.15) is 0 Å². The lowest BCUT2D eigenvalue weighted by atomic mass is 10.2. The van der Waals surface area contributed by atoms with Gasteiger partial charge in [-0.15, -0.1) is 0 Å². The molecule has 0 N–H and O–H groups in total. The second kappa shape index (κ2) is 5.98. The Morgan fingerprint density at radius 2 is 1.05 bits per heavy atom. The van der Waals surface area contributed by atoms with Gasteiger partial charge in [0, 0.05) is 25.5 Å². The summed E-state index contributed by atoms with van der Waals surface area (Å²) >= 11 is 0.